The zero-order valence-corrected chi connectivity index (χ0v) is 18.9. The van der Waals surface area contributed by atoms with Crippen molar-refractivity contribution in [3.05, 3.63) is 59.1 Å². The third kappa shape index (κ3) is 5.64. The Balaban J connectivity index is 1.62. The minimum atomic E-state index is -3.62. The number of halogens is 1. The van der Waals surface area contributed by atoms with E-state index in [-0.39, 0.29) is 35.7 Å². The summed E-state index contributed by atoms with van der Waals surface area (Å²) in [5, 5.41) is 6.13. The number of benzene rings is 2. The van der Waals surface area contributed by atoms with Crippen molar-refractivity contribution < 1.29 is 18.0 Å². The number of sulfonamides is 1. The van der Waals surface area contributed by atoms with E-state index in [4.69, 9.17) is 11.6 Å². The third-order valence-corrected chi connectivity index (χ3v) is 7.41. The van der Waals surface area contributed by atoms with E-state index in [9.17, 15) is 18.0 Å². The number of carbonyl (C=O) groups excluding carboxylic acids is 2. The molecule has 7 nitrogen and oxygen atoms in total. The molecule has 0 radical (unpaired) electrons. The zero-order chi connectivity index (χ0) is 22.4. The molecule has 0 unspecified atom stereocenters. The summed E-state index contributed by atoms with van der Waals surface area (Å²) < 4.78 is 27.0. The molecule has 31 heavy (non-hydrogen) atoms. The van der Waals surface area contributed by atoms with E-state index >= 15 is 0 Å². The molecule has 0 bridgehead atoms. The first-order valence-corrected chi connectivity index (χ1v) is 12.1. The second-order valence-corrected chi connectivity index (χ2v) is 9.80. The number of piperidine rings is 1. The van der Waals surface area contributed by atoms with Gasteiger partial charge in [-0.05, 0) is 55.7 Å². The molecule has 1 fully saturated rings. The van der Waals surface area contributed by atoms with Gasteiger partial charge in [0.1, 0.15) is 0 Å². The first-order valence-electron chi connectivity index (χ1n) is 10.3. The molecule has 0 aliphatic carbocycles. The van der Waals surface area contributed by atoms with Crippen molar-refractivity contribution >= 4 is 39.1 Å². The highest BCUT2D eigenvalue weighted by Gasteiger charge is 2.32. The first kappa shape index (κ1) is 23.2. The van der Waals surface area contributed by atoms with Gasteiger partial charge in [0.2, 0.25) is 15.9 Å². The fourth-order valence-electron chi connectivity index (χ4n) is 3.47. The number of anilines is 1. The lowest BCUT2D eigenvalue weighted by Gasteiger charge is -2.30. The summed E-state index contributed by atoms with van der Waals surface area (Å²) in [5.74, 6) is -0.774. The number of rotatable bonds is 7. The number of hydrogen-bond acceptors (Lipinski definition) is 4. The fraction of sp³-hybridized carbons (Fsp3) is 0.364. The van der Waals surface area contributed by atoms with E-state index in [0.29, 0.717) is 35.7 Å². The Morgan fingerprint density at radius 1 is 1.06 bits per heavy atom. The van der Waals surface area contributed by atoms with E-state index in [2.05, 4.69) is 10.6 Å². The number of nitrogens with zero attached hydrogens (tertiary/aromatic N) is 1. The van der Waals surface area contributed by atoms with Crippen molar-refractivity contribution in [3.63, 3.8) is 0 Å². The summed E-state index contributed by atoms with van der Waals surface area (Å²) in [7, 11) is -3.62. The van der Waals surface area contributed by atoms with Crippen LogP contribution in [-0.2, 0) is 14.8 Å². The maximum absolute atomic E-state index is 12.8. The second-order valence-electron chi connectivity index (χ2n) is 7.42. The number of carbonyl (C=O) groups is 2. The van der Waals surface area contributed by atoms with Crippen LogP contribution in [0.15, 0.2) is 53.4 Å². The van der Waals surface area contributed by atoms with Gasteiger partial charge in [-0.3, -0.25) is 9.59 Å². The highest BCUT2D eigenvalue weighted by Crippen LogP contribution is 2.26. The SMILES string of the molecule is CCCNC(=O)c1ccccc1NC(=O)C1CCN(S(=O)(=O)c2ccc(Cl)cc2)CC1. The highest BCUT2D eigenvalue weighted by atomic mass is 35.5. The van der Waals surface area contributed by atoms with Crippen LogP contribution < -0.4 is 10.6 Å². The molecule has 2 N–H and O–H groups in total. The number of para-hydroxylation sites is 1. The van der Waals surface area contributed by atoms with Gasteiger partial charge >= 0.3 is 0 Å². The van der Waals surface area contributed by atoms with E-state index in [0.717, 1.165) is 6.42 Å². The maximum Gasteiger partial charge on any atom is 0.253 e. The van der Waals surface area contributed by atoms with Crippen molar-refractivity contribution in [3.8, 4) is 0 Å². The lowest BCUT2D eigenvalue weighted by molar-refractivity contribution is -0.120. The molecule has 1 aliphatic heterocycles. The van der Waals surface area contributed by atoms with Crippen molar-refractivity contribution in [2.75, 3.05) is 25.0 Å². The van der Waals surface area contributed by atoms with Crippen molar-refractivity contribution in [2.24, 2.45) is 5.92 Å². The molecule has 2 aromatic carbocycles. The van der Waals surface area contributed by atoms with E-state index in [1.54, 1.807) is 36.4 Å². The Morgan fingerprint density at radius 3 is 2.35 bits per heavy atom. The number of nitrogens with one attached hydrogen (secondary N) is 2. The maximum atomic E-state index is 12.8. The fourth-order valence-corrected chi connectivity index (χ4v) is 5.07. The van der Waals surface area contributed by atoms with Crippen molar-refractivity contribution in [2.45, 2.75) is 31.1 Å². The molecule has 0 spiro atoms. The molecule has 9 heteroatoms. The third-order valence-electron chi connectivity index (χ3n) is 5.24. The van der Waals surface area contributed by atoms with E-state index in [1.165, 1.54) is 16.4 Å². The van der Waals surface area contributed by atoms with Gasteiger partial charge in [-0.25, -0.2) is 8.42 Å². The Hall–Kier alpha value is -2.42. The Kier molecular flexibility index (Phi) is 7.69. The largest absolute Gasteiger partial charge is 0.352 e. The van der Waals surface area contributed by atoms with Crippen LogP contribution in [0, 0.1) is 5.92 Å². The number of hydrogen-bond donors (Lipinski definition) is 2. The quantitative estimate of drug-likeness (QED) is 0.656. The van der Waals surface area contributed by atoms with Crippen molar-refractivity contribution in [1.29, 1.82) is 0 Å². The summed E-state index contributed by atoms with van der Waals surface area (Å²) in [6.45, 7) is 3.03. The van der Waals surface area contributed by atoms with Gasteiger partial charge in [0, 0.05) is 30.6 Å². The summed E-state index contributed by atoms with van der Waals surface area (Å²) in [4.78, 5) is 25.3. The van der Waals surface area contributed by atoms with Crippen LogP contribution in [0.25, 0.3) is 0 Å². The van der Waals surface area contributed by atoms with Gasteiger partial charge in [0.05, 0.1) is 16.1 Å². The number of amides is 2. The molecule has 2 aromatic rings. The van der Waals surface area contributed by atoms with Crippen LogP contribution in [0.1, 0.15) is 36.5 Å². The normalized spacial score (nSPS) is 15.4. The van der Waals surface area contributed by atoms with Gasteiger partial charge in [0.25, 0.3) is 5.91 Å². The predicted molar refractivity (Wildman–Crippen MR) is 121 cm³/mol. The standard InChI is InChI=1S/C22H26ClN3O4S/c1-2-13-24-22(28)19-5-3-4-6-20(19)25-21(27)16-11-14-26(15-12-16)31(29,30)18-9-7-17(23)8-10-18/h3-10,16H,2,11-15H2,1H3,(H,24,28)(H,25,27). The molecule has 1 aliphatic rings. The summed E-state index contributed by atoms with van der Waals surface area (Å²) in [6.07, 6.45) is 1.63. The average Bonchev–Trinajstić information content (AvgIpc) is 2.78. The Morgan fingerprint density at radius 2 is 1.71 bits per heavy atom. The smallest absolute Gasteiger partial charge is 0.253 e. The molecule has 2 amide bonds. The lowest BCUT2D eigenvalue weighted by atomic mass is 9.97. The van der Waals surface area contributed by atoms with Crippen LogP contribution in [0.4, 0.5) is 5.69 Å². The predicted octanol–water partition coefficient (Wildman–Crippen LogP) is 3.52. The molecular formula is C22H26ClN3O4S. The Labute approximate surface area is 187 Å². The molecule has 166 valence electrons. The van der Waals surface area contributed by atoms with Crippen molar-refractivity contribution in [1.82, 2.24) is 9.62 Å². The summed E-state index contributed by atoms with van der Waals surface area (Å²) in [6, 6.07) is 12.9. The minimum absolute atomic E-state index is 0.187. The van der Waals surface area contributed by atoms with E-state index < -0.39 is 10.0 Å². The van der Waals surface area contributed by atoms with Gasteiger partial charge in [-0.2, -0.15) is 4.31 Å². The molecule has 0 aromatic heterocycles. The van der Waals surface area contributed by atoms with Crippen LogP contribution in [0.3, 0.4) is 0 Å². The zero-order valence-electron chi connectivity index (χ0n) is 17.3. The molecular weight excluding hydrogens is 438 g/mol. The molecule has 1 saturated heterocycles. The lowest BCUT2D eigenvalue weighted by Crippen LogP contribution is -2.41. The van der Waals surface area contributed by atoms with Gasteiger partial charge in [-0.1, -0.05) is 30.7 Å². The van der Waals surface area contributed by atoms with Crippen LogP contribution in [-0.4, -0.2) is 44.2 Å². The van der Waals surface area contributed by atoms with Gasteiger partial charge < -0.3 is 10.6 Å². The average molecular weight is 464 g/mol. The topological polar surface area (TPSA) is 95.6 Å². The van der Waals surface area contributed by atoms with Gasteiger partial charge in [-0.15, -0.1) is 0 Å². The van der Waals surface area contributed by atoms with E-state index in [1.807, 2.05) is 6.92 Å². The minimum Gasteiger partial charge on any atom is -0.352 e. The molecule has 0 saturated carbocycles. The Bertz CT molecular complexity index is 1030. The molecule has 0 atom stereocenters. The first-order chi connectivity index (χ1) is 14.8. The highest BCUT2D eigenvalue weighted by molar-refractivity contribution is 7.89. The summed E-state index contributed by atoms with van der Waals surface area (Å²) >= 11 is 5.85. The summed E-state index contributed by atoms with van der Waals surface area (Å²) in [5.41, 5.74) is 0.865. The monoisotopic (exact) mass is 463 g/mol. The van der Waals surface area contributed by atoms with Gasteiger partial charge in [0.15, 0.2) is 0 Å². The van der Waals surface area contributed by atoms with Crippen LogP contribution in [0.5, 0.6) is 0 Å². The molecule has 3 rings (SSSR count). The molecule has 1 heterocycles. The van der Waals surface area contributed by atoms with Crippen LogP contribution >= 0.6 is 11.6 Å². The van der Waals surface area contributed by atoms with Crippen LogP contribution in [0.2, 0.25) is 5.02 Å². The second kappa shape index (κ2) is 10.3.